The van der Waals surface area contributed by atoms with Crippen LogP contribution >= 0.6 is 0 Å². The van der Waals surface area contributed by atoms with Crippen LogP contribution in [0.4, 0.5) is 4.79 Å². The third-order valence-electron chi connectivity index (χ3n) is 5.92. The SMILES string of the molecule is NCCCNC(=O)C(Cc1ccccc1)NC(=O)OCC1c2ccccc2-c2ccccc21. The monoisotopic (exact) mass is 443 g/mol. The second-order valence-corrected chi connectivity index (χ2v) is 8.15. The first kappa shape index (κ1) is 22.6. The van der Waals surface area contributed by atoms with E-state index >= 15 is 0 Å². The lowest BCUT2D eigenvalue weighted by Crippen LogP contribution is -2.48. The van der Waals surface area contributed by atoms with E-state index in [1.807, 2.05) is 54.6 Å². The lowest BCUT2D eigenvalue weighted by Gasteiger charge is -2.20. The molecule has 1 aliphatic rings. The number of carbonyl (C=O) groups excluding carboxylic acids is 2. The van der Waals surface area contributed by atoms with Gasteiger partial charge in [-0.15, -0.1) is 0 Å². The molecule has 4 N–H and O–H groups in total. The van der Waals surface area contributed by atoms with Gasteiger partial charge in [-0.2, -0.15) is 0 Å². The fourth-order valence-electron chi connectivity index (χ4n) is 4.28. The summed E-state index contributed by atoms with van der Waals surface area (Å²) in [6.45, 7) is 1.16. The van der Waals surface area contributed by atoms with E-state index in [9.17, 15) is 9.59 Å². The van der Waals surface area contributed by atoms with E-state index in [2.05, 4.69) is 34.9 Å². The highest BCUT2D eigenvalue weighted by Gasteiger charge is 2.29. The number of benzene rings is 3. The standard InChI is InChI=1S/C27H29N3O3/c28-15-8-16-29-26(31)25(17-19-9-2-1-3-10-19)30-27(32)33-18-24-22-13-6-4-11-20(22)21-12-5-7-14-23(21)24/h1-7,9-14,24-25H,8,15-18,28H2,(H,29,31)(H,30,32). The van der Waals surface area contributed by atoms with Crippen molar-refractivity contribution < 1.29 is 14.3 Å². The summed E-state index contributed by atoms with van der Waals surface area (Å²) in [5.74, 6) is -0.282. The Hall–Kier alpha value is -3.64. The lowest BCUT2D eigenvalue weighted by molar-refractivity contribution is -0.123. The van der Waals surface area contributed by atoms with E-state index in [-0.39, 0.29) is 18.4 Å². The molecule has 6 heteroatoms. The molecule has 3 aromatic carbocycles. The van der Waals surface area contributed by atoms with Crippen LogP contribution in [0.3, 0.4) is 0 Å². The minimum Gasteiger partial charge on any atom is -0.449 e. The fraction of sp³-hybridized carbons (Fsp3) is 0.259. The van der Waals surface area contributed by atoms with Gasteiger partial charge < -0.3 is 21.1 Å². The minimum absolute atomic E-state index is 0.0332. The molecule has 0 radical (unpaired) electrons. The van der Waals surface area contributed by atoms with Gasteiger partial charge in [0.25, 0.3) is 0 Å². The molecule has 0 bridgehead atoms. The Kier molecular flexibility index (Phi) is 7.37. The average molecular weight is 444 g/mol. The van der Waals surface area contributed by atoms with Gasteiger partial charge in [0.1, 0.15) is 12.6 Å². The van der Waals surface area contributed by atoms with E-state index in [0.717, 1.165) is 16.7 Å². The Morgan fingerprint density at radius 3 is 2.12 bits per heavy atom. The van der Waals surface area contributed by atoms with Crippen LogP contribution in [0.1, 0.15) is 29.0 Å². The molecule has 0 spiro atoms. The maximum atomic E-state index is 12.7. The Labute approximate surface area is 194 Å². The van der Waals surface area contributed by atoms with E-state index in [4.69, 9.17) is 10.5 Å². The summed E-state index contributed by atoms with van der Waals surface area (Å²) in [6, 6.07) is 25.2. The molecule has 33 heavy (non-hydrogen) atoms. The van der Waals surface area contributed by atoms with Crippen LogP contribution in [0.2, 0.25) is 0 Å². The minimum atomic E-state index is -0.735. The zero-order valence-corrected chi connectivity index (χ0v) is 18.5. The van der Waals surface area contributed by atoms with E-state index < -0.39 is 12.1 Å². The maximum Gasteiger partial charge on any atom is 0.407 e. The quantitative estimate of drug-likeness (QED) is 0.441. The maximum absolute atomic E-state index is 12.7. The molecule has 170 valence electrons. The van der Waals surface area contributed by atoms with E-state index in [1.165, 1.54) is 11.1 Å². The van der Waals surface area contributed by atoms with E-state index in [1.54, 1.807) is 0 Å². The molecule has 3 aromatic rings. The first-order valence-corrected chi connectivity index (χ1v) is 11.3. The third-order valence-corrected chi connectivity index (χ3v) is 5.92. The normalized spacial score (nSPS) is 13.0. The molecule has 0 heterocycles. The number of alkyl carbamates (subject to hydrolysis) is 1. The number of ether oxygens (including phenoxy) is 1. The predicted molar refractivity (Wildman–Crippen MR) is 129 cm³/mol. The van der Waals surface area contributed by atoms with Crippen molar-refractivity contribution >= 4 is 12.0 Å². The summed E-state index contributed by atoms with van der Waals surface area (Å²) in [6.07, 6.45) is 0.445. The first-order chi connectivity index (χ1) is 16.2. The Bertz CT molecular complexity index is 1060. The van der Waals surface area contributed by atoms with Crippen molar-refractivity contribution in [3.63, 3.8) is 0 Å². The van der Waals surface area contributed by atoms with Crippen molar-refractivity contribution in [1.82, 2.24) is 10.6 Å². The highest BCUT2D eigenvalue weighted by Crippen LogP contribution is 2.44. The van der Waals surface area contributed by atoms with Gasteiger partial charge in [-0.25, -0.2) is 4.79 Å². The van der Waals surface area contributed by atoms with Crippen molar-refractivity contribution in [1.29, 1.82) is 0 Å². The van der Waals surface area contributed by atoms with Gasteiger partial charge in [-0.3, -0.25) is 4.79 Å². The molecule has 0 fully saturated rings. The molecule has 1 unspecified atom stereocenters. The van der Waals surface area contributed by atoms with Crippen LogP contribution in [0.5, 0.6) is 0 Å². The molecular formula is C27H29N3O3. The van der Waals surface area contributed by atoms with Crippen LogP contribution < -0.4 is 16.4 Å². The van der Waals surface area contributed by atoms with Gasteiger partial charge in [-0.1, -0.05) is 78.9 Å². The molecule has 6 nitrogen and oxygen atoms in total. The fourth-order valence-corrected chi connectivity index (χ4v) is 4.28. The van der Waals surface area contributed by atoms with Crippen LogP contribution in [0, 0.1) is 0 Å². The summed E-state index contributed by atoms with van der Waals surface area (Å²) in [4.78, 5) is 25.4. The smallest absolute Gasteiger partial charge is 0.407 e. The molecular weight excluding hydrogens is 414 g/mol. The Morgan fingerprint density at radius 2 is 1.48 bits per heavy atom. The van der Waals surface area contributed by atoms with Gasteiger partial charge in [0, 0.05) is 18.9 Å². The molecule has 0 aromatic heterocycles. The highest BCUT2D eigenvalue weighted by atomic mass is 16.5. The summed E-state index contributed by atoms with van der Waals surface area (Å²) < 4.78 is 5.63. The van der Waals surface area contributed by atoms with Gasteiger partial charge >= 0.3 is 6.09 Å². The van der Waals surface area contributed by atoms with Gasteiger partial charge in [-0.05, 0) is 40.8 Å². The second kappa shape index (κ2) is 10.8. The molecule has 0 aliphatic heterocycles. The van der Waals surface area contributed by atoms with Crippen LogP contribution in [0.15, 0.2) is 78.9 Å². The summed E-state index contributed by atoms with van der Waals surface area (Å²) in [5, 5.41) is 5.60. The number of hydrogen-bond donors (Lipinski definition) is 3. The Balaban J connectivity index is 1.42. The molecule has 0 saturated heterocycles. The largest absolute Gasteiger partial charge is 0.449 e. The molecule has 2 amide bonds. The number of nitrogens with one attached hydrogen (secondary N) is 2. The first-order valence-electron chi connectivity index (χ1n) is 11.3. The highest BCUT2D eigenvalue weighted by molar-refractivity contribution is 5.86. The van der Waals surface area contributed by atoms with Crippen molar-refractivity contribution in [2.75, 3.05) is 19.7 Å². The van der Waals surface area contributed by atoms with Crippen LogP contribution in [-0.4, -0.2) is 37.7 Å². The number of amides is 2. The van der Waals surface area contributed by atoms with Crippen molar-refractivity contribution in [2.45, 2.75) is 24.8 Å². The summed E-state index contributed by atoms with van der Waals surface area (Å²) in [7, 11) is 0. The molecule has 4 rings (SSSR count). The number of hydrogen-bond acceptors (Lipinski definition) is 4. The average Bonchev–Trinajstić information content (AvgIpc) is 3.17. The van der Waals surface area contributed by atoms with E-state index in [0.29, 0.717) is 25.9 Å². The summed E-state index contributed by atoms with van der Waals surface area (Å²) >= 11 is 0. The number of fused-ring (bicyclic) bond motifs is 3. The Morgan fingerprint density at radius 1 is 0.879 bits per heavy atom. The predicted octanol–water partition coefficient (Wildman–Crippen LogP) is 3.60. The zero-order valence-electron chi connectivity index (χ0n) is 18.5. The zero-order chi connectivity index (χ0) is 23.0. The van der Waals surface area contributed by atoms with Gasteiger partial charge in [0.05, 0.1) is 0 Å². The summed E-state index contributed by atoms with van der Waals surface area (Å²) in [5.41, 5.74) is 11.1. The number of nitrogens with two attached hydrogens (primary N) is 1. The van der Waals surface area contributed by atoms with Crippen molar-refractivity contribution in [3.05, 3.63) is 95.6 Å². The molecule has 1 aliphatic carbocycles. The topological polar surface area (TPSA) is 93.5 Å². The van der Waals surface area contributed by atoms with Gasteiger partial charge in [0.2, 0.25) is 5.91 Å². The lowest BCUT2D eigenvalue weighted by atomic mass is 9.98. The van der Waals surface area contributed by atoms with Crippen molar-refractivity contribution in [2.24, 2.45) is 5.73 Å². The van der Waals surface area contributed by atoms with Crippen molar-refractivity contribution in [3.8, 4) is 11.1 Å². The molecule has 0 saturated carbocycles. The second-order valence-electron chi connectivity index (χ2n) is 8.15. The molecule has 1 atom stereocenters. The third kappa shape index (κ3) is 5.41. The van der Waals surface area contributed by atoms with Gasteiger partial charge in [0.15, 0.2) is 0 Å². The number of rotatable bonds is 9. The van der Waals surface area contributed by atoms with Crippen LogP contribution in [0.25, 0.3) is 11.1 Å². The number of carbonyl (C=O) groups is 2. The van der Waals surface area contributed by atoms with Crippen LogP contribution in [-0.2, 0) is 16.0 Å².